The van der Waals surface area contributed by atoms with Crippen molar-refractivity contribution in [3.8, 4) is 0 Å². The van der Waals surface area contributed by atoms with Crippen LogP contribution in [0.1, 0.15) is 11.9 Å². The Kier molecular flexibility index (Phi) is 2.64. The maximum absolute atomic E-state index is 9.35. The topological polar surface area (TPSA) is 51.2 Å². The third-order valence-electron chi connectivity index (χ3n) is 2.45. The third kappa shape index (κ3) is 1.62. The summed E-state index contributed by atoms with van der Waals surface area (Å²) in [5.41, 5.74) is 6.92. The highest BCUT2D eigenvalue weighted by Crippen LogP contribution is 2.33. The van der Waals surface area contributed by atoms with E-state index in [4.69, 9.17) is 28.9 Å². The van der Waals surface area contributed by atoms with Crippen LogP contribution in [0.5, 0.6) is 0 Å². The molecule has 0 radical (unpaired) electrons. The predicted octanol–water partition coefficient (Wildman–Crippen LogP) is 2.43. The molecular weight excluding hydrogens is 235 g/mol. The minimum Gasteiger partial charge on any atom is -0.373 e. The van der Waals surface area contributed by atoms with Crippen molar-refractivity contribution < 1.29 is 5.11 Å². The molecule has 3 nitrogen and oxygen atoms in total. The highest BCUT2D eigenvalue weighted by atomic mass is 35.5. The summed E-state index contributed by atoms with van der Waals surface area (Å²) in [4.78, 5) is 0. The van der Waals surface area contributed by atoms with Gasteiger partial charge in [-0.2, -0.15) is 0 Å². The van der Waals surface area contributed by atoms with Crippen molar-refractivity contribution in [1.29, 1.82) is 0 Å². The van der Waals surface area contributed by atoms with Crippen LogP contribution in [0.2, 0.25) is 10.0 Å². The molecule has 15 heavy (non-hydrogen) atoms. The largest absolute Gasteiger partial charge is 0.373 e. The van der Waals surface area contributed by atoms with Gasteiger partial charge in [0.25, 0.3) is 0 Å². The fourth-order valence-corrected chi connectivity index (χ4v) is 2.03. The molecule has 0 aliphatic carbocycles. The smallest absolute Gasteiger partial charge is 0.143 e. The normalized spacial score (nSPS) is 13.4. The number of nitrogens with two attached hydrogens (primary N) is 1. The van der Waals surface area contributed by atoms with Crippen LogP contribution in [0.3, 0.4) is 0 Å². The molecule has 0 amide bonds. The number of hydrogen-bond acceptors (Lipinski definition) is 2. The summed E-state index contributed by atoms with van der Waals surface area (Å²) < 4.78 is 1.79. The van der Waals surface area contributed by atoms with Gasteiger partial charge >= 0.3 is 0 Å². The van der Waals surface area contributed by atoms with Crippen molar-refractivity contribution in [2.75, 3.05) is 0 Å². The fourth-order valence-electron chi connectivity index (χ4n) is 1.65. The number of benzene rings is 1. The van der Waals surface area contributed by atoms with Crippen LogP contribution >= 0.6 is 23.2 Å². The zero-order valence-corrected chi connectivity index (χ0v) is 9.55. The van der Waals surface area contributed by atoms with Crippen LogP contribution in [-0.2, 0) is 7.05 Å². The molecule has 3 N–H and O–H groups in total. The SMILES string of the molecule is Cn1c(C(N)O)cc2c(Cl)c(Cl)ccc21. The van der Waals surface area contributed by atoms with Crippen molar-refractivity contribution in [2.24, 2.45) is 12.8 Å². The van der Waals surface area contributed by atoms with Gasteiger partial charge in [-0.05, 0) is 18.2 Å². The maximum atomic E-state index is 9.35. The number of nitrogens with zero attached hydrogens (tertiary/aromatic N) is 1. The monoisotopic (exact) mass is 244 g/mol. The van der Waals surface area contributed by atoms with Gasteiger partial charge in [0.2, 0.25) is 0 Å². The van der Waals surface area contributed by atoms with Crippen molar-refractivity contribution in [1.82, 2.24) is 4.57 Å². The molecule has 0 saturated carbocycles. The Morgan fingerprint density at radius 2 is 2.07 bits per heavy atom. The summed E-state index contributed by atoms with van der Waals surface area (Å²) in [5, 5.41) is 11.1. The summed E-state index contributed by atoms with van der Waals surface area (Å²) in [6.07, 6.45) is -1.02. The van der Waals surface area contributed by atoms with Gasteiger partial charge in [0.05, 0.1) is 15.7 Å². The van der Waals surface area contributed by atoms with Crippen LogP contribution < -0.4 is 5.73 Å². The minimum atomic E-state index is -1.02. The third-order valence-corrected chi connectivity index (χ3v) is 3.27. The molecule has 1 aromatic heterocycles. The van der Waals surface area contributed by atoms with E-state index in [1.807, 2.05) is 13.1 Å². The van der Waals surface area contributed by atoms with Crippen LogP contribution in [0.4, 0.5) is 0 Å². The average Bonchev–Trinajstić information content (AvgIpc) is 2.51. The quantitative estimate of drug-likeness (QED) is 0.758. The Bertz CT molecular complexity index is 520. The molecule has 80 valence electrons. The average molecular weight is 245 g/mol. The number of aliphatic hydroxyl groups is 1. The highest BCUT2D eigenvalue weighted by Gasteiger charge is 2.13. The van der Waals surface area contributed by atoms with Crippen molar-refractivity contribution in [2.45, 2.75) is 6.23 Å². The maximum Gasteiger partial charge on any atom is 0.143 e. The van der Waals surface area contributed by atoms with E-state index in [2.05, 4.69) is 0 Å². The Morgan fingerprint density at radius 1 is 1.40 bits per heavy atom. The molecule has 0 fully saturated rings. The molecule has 1 unspecified atom stereocenters. The van der Waals surface area contributed by atoms with Crippen molar-refractivity contribution in [3.63, 3.8) is 0 Å². The van der Waals surface area contributed by atoms with Crippen molar-refractivity contribution >= 4 is 34.1 Å². The molecule has 0 bridgehead atoms. The molecule has 0 aliphatic rings. The first-order valence-electron chi connectivity index (χ1n) is 4.39. The lowest BCUT2D eigenvalue weighted by Crippen LogP contribution is -2.12. The number of halogens is 2. The second-order valence-corrected chi connectivity index (χ2v) is 4.15. The molecule has 0 spiro atoms. The zero-order chi connectivity index (χ0) is 11.2. The molecule has 0 aliphatic heterocycles. The molecule has 1 heterocycles. The van der Waals surface area contributed by atoms with Crippen LogP contribution in [0.15, 0.2) is 18.2 Å². The molecule has 5 heteroatoms. The van der Waals surface area contributed by atoms with Gasteiger partial charge in [0, 0.05) is 18.0 Å². The van der Waals surface area contributed by atoms with Gasteiger partial charge in [-0.25, -0.2) is 0 Å². The summed E-state index contributed by atoms with van der Waals surface area (Å²) >= 11 is 11.9. The van der Waals surface area contributed by atoms with E-state index in [1.54, 1.807) is 16.7 Å². The van der Waals surface area contributed by atoms with Crippen LogP contribution in [0, 0.1) is 0 Å². The van der Waals surface area contributed by atoms with Gasteiger partial charge < -0.3 is 15.4 Å². The number of aliphatic hydroxyl groups excluding tert-OH is 1. The molecule has 2 rings (SSSR count). The van der Waals surface area contributed by atoms with Gasteiger partial charge in [-0.1, -0.05) is 23.2 Å². The summed E-state index contributed by atoms with van der Waals surface area (Å²) in [6.45, 7) is 0. The first kappa shape index (κ1) is 10.8. The molecular formula is C10H10Cl2N2O. The Labute approximate surface area is 97.0 Å². The van der Waals surface area contributed by atoms with E-state index in [-0.39, 0.29) is 0 Å². The van der Waals surface area contributed by atoms with E-state index >= 15 is 0 Å². The Hall–Kier alpha value is -0.740. The molecule has 1 atom stereocenters. The zero-order valence-electron chi connectivity index (χ0n) is 8.04. The Balaban J connectivity index is 2.82. The summed E-state index contributed by atoms with van der Waals surface area (Å²) in [6, 6.07) is 5.31. The van der Waals surface area contributed by atoms with Crippen molar-refractivity contribution in [3.05, 3.63) is 33.9 Å². The molecule has 0 saturated heterocycles. The van der Waals surface area contributed by atoms with Crippen LogP contribution in [0.25, 0.3) is 10.9 Å². The molecule has 1 aromatic carbocycles. The summed E-state index contributed by atoms with van der Waals surface area (Å²) in [5.74, 6) is 0. The van der Waals surface area contributed by atoms with Crippen LogP contribution in [-0.4, -0.2) is 9.67 Å². The predicted molar refractivity (Wildman–Crippen MR) is 62.1 cm³/mol. The number of aryl methyl sites for hydroxylation is 1. The lowest BCUT2D eigenvalue weighted by Gasteiger charge is -2.06. The van der Waals surface area contributed by atoms with E-state index in [1.165, 1.54) is 0 Å². The lowest BCUT2D eigenvalue weighted by molar-refractivity contribution is 0.178. The summed E-state index contributed by atoms with van der Waals surface area (Å²) in [7, 11) is 1.82. The number of hydrogen-bond donors (Lipinski definition) is 2. The minimum absolute atomic E-state index is 0.483. The van der Waals surface area contributed by atoms with Gasteiger partial charge in [0.1, 0.15) is 6.23 Å². The van der Waals surface area contributed by atoms with E-state index in [0.717, 1.165) is 10.9 Å². The fraction of sp³-hybridized carbons (Fsp3) is 0.200. The van der Waals surface area contributed by atoms with Gasteiger partial charge in [-0.3, -0.25) is 0 Å². The number of rotatable bonds is 1. The first-order chi connectivity index (χ1) is 7.02. The number of fused-ring (bicyclic) bond motifs is 1. The molecule has 2 aromatic rings. The van der Waals surface area contributed by atoms with Gasteiger partial charge in [0.15, 0.2) is 0 Å². The second-order valence-electron chi connectivity index (χ2n) is 3.37. The van der Waals surface area contributed by atoms with E-state index < -0.39 is 6.23 Å². The van der Waals surface area contributed by atoms with E-state index in [0.29, 0.717) is 15.7 Å². The first-order valence-corrected chi connectivity index (χ1v) is 5.15. The number of aromatic nitrogens is 1. The van der Waals surface area contributed by atoms with Gasteiger partial charge in [-0.15, -0.1) is 0 Å². The Morgan fingerprint density at radius 3 is 2.67 bits per heavy atom. The second kappa shape index (κ2) is 3.68. The van der Waals surface area contributed by atoms with E-state index in [9.17, 15) is 5.11 Å². The highest BCUT2D eigenvalue weighted by molar-refractivity contribution is 6.45. The lowest BCUT2D eigenvalue weighted by atomic mass is 10.2. The standard InChI is InChI=1S/C10H10Cl2N2O/c1-14-7-3-2-6(11)9(12)5(7)4-8(14)10(13)15/h2-4,10,15H,13H2,1H3.